The van der Waals surface area contributed by atoms with Gasteiger partial charge in [-0.2, -0.15) is 0 Å². The normalized spacial score (nSPS) is 10.7. The summed E-state index contributed by atoms with van der Waals surface area (Å²) in [5, 5.41) is 6.07. The number of hydrogen-bond donors (Lipinski definition) is 2. The fourth-order valence-corrected chi connectivity index (χ4v) is 3.76. The van der Waals surface area contributed by atoms with E-state index in [0.717, 1.165) is 11.1 Å². The number of anilines is 2. The molecule has 0 unspecified atom stereocenters. The van der Waals surface area contributed by atoms with Gasteiger partial charge in [-0.25, -0.2) is 14.8 Å². The first-order chi connectivity index (χ1) is 17.6. The summed E-state index contributed by atoms with van der Waals surface area (Å²) in [6.07, 6.45) is 8.80. The van der Waals surface area contributed by atoms with E-state index in [1.807, 2.05) is 47.1 Å². The Labute approximate surface area is 211 Å². The molecule has 2 amide bonds. The summed E-state index contributed by atoms with van der Waals surface area (Å²) < 4.78 is 13.1. The Morgan fingerprint density at radius 2 is 1.92 bits per heavy atom. The first kappa shape index (κ1) is 23.1. The molecule has 9 nitrogen and oxygen atoms in total. The molecule has 0 bridgehead atoms. The highest BCUT2D eigenvalue weighted by molar-refractivity contribution is 6.31. The van der Waals surface area contributed by atoms with Gasteiger partial charge < -0.3 is 24.5 Å². The van der Waals surface area contributed by atoms with Gasteiger partial charge in [0.05, 0.1) is 18.5 Å². The third-order valence-corrected chi connectivity index (χ3v) is 5.53. The molecule has 36 heavy (non-hydrogen) atoms. The van der Waals surface area contributed by atoms with Crippen molar-refractivity contribution in [2.45, 2.75) is 6.61 Å². The number of halogens is 1. The number of rotatable bonds is 7. The molecule has 0 aliphatic rings. The van der Waals surface area contributed by atoms with Gasteiger partial charge >= 0.3 is 6.03 Å². The molecular weight excluding hydrogens is 480 g/mol. The van der Waals surface area contributed by atoms with Gasteiger partial charge in [-0.15, -0.1) is 0 Å². The number of pyridine rings is 1. The molecule has 0 spiro atoms. The van der Waals surface area contributed by atoms with E-state index in [9.17, 15) is 4.79 Å². The summed E-state index contributed by atoms with van der Waals surface area (Å²) in [6, 6.07) is 15.7. The molecule has 0 aliphatic heterocycles. The Morgan fingerprint density at radius 1 is 1.06 bits per heavy atom. The summed E-state index contributed by atoms with van der Waals surface area (Å²) in [6.45, 7) is 0.330. The number of carbonyl (C=O) groups is 1. The average molecular weight is 501 g/mol. The Morgan fingerprint density at radius 3 is 2.75 bits per heavy atom. The third-order valence-electron chi connectivity index (χ3n) is 5.29. The third kappa shape index (κ3) is 5.21. The highest BCUT2D eigenvalue weighted by Gasteiger charge is 2.13. The SMILES string of the molecule is COc1ccc(Cl)cc1NC(=O)Nc1cccc(-c2cn3ccnc3c(OCc3ccncc3)n2)c1. The first-order valence-corrected chi connectivity index (χ1v) is 11.3. The number of aromatic nitrogens is 4. The van der Waals surface area contributed by atoms with Gasteiger partial charge in [-0.05, 0) is 48.0 Å². The minimum Gasteiger partial charge on any atom is -0.495 e. The number of fused-ring (bicyclic) bond motifs is 1. The van der Waals surface area contributed by atoms with Crippen LogP contribution in [0.15, 0.2) is 85.6 Å². The van der Waals surface area contributed by atoms with Crippen molar-refractivity contribution in [2.75, 3.05) is 17.7 Å². The van der Waals surface area contributed by atoms with Gasteiger partial charge in [0.25, 0.3) is 5.88 Å². The van der Waals surface area contributed by atoms with Crippen molar-refractivity contribution >= 4 is 34.7 Å². The van der Waals surface area contributed by atoms with Crippen molar-refractivity contribution in [3.05, 3.63) is 96.2 Å². The summed E-state index contributed by atoms with van der Waals surface area (Å²) in [5.41, 5.74) is 4.07. The molecule has 0 saturated heterocycles. The van der Waals surface area contributed by atoms with Gasteiger partial charge in [0.15, 0.2) is 0 Å². The number of urea groups is 1. The Hall–Kier alpha value is -4.63. The predicted molar refractivity (Wildman–Crippen MR) is 138 cm³/mol. The van der Waals surface area contributed by atoms with E-state index in [2.05, 4.69) is 20.6 Å². The van der Waals surface area contributed by atoms with E-state index < -0.39 is 6.03 Å². The Balaban J connectivity index is 1.37. The van der Waals surface area contributed by atoms with E-state index in [0.29, 0.717) is 46.0 Å². The molecule has 0 saturated carbocycles. The standard InChI is InChI=1S/C26H21ClN6O3/c1-35-23-6-5-19(27)14-21(23)32-26(34)30-20-4-2-3-18(13-20)22-15-33-12-11-29-24(33)25(31-22)36-16-17-7-9-28-10-8-17/h2-15H,16H2,1H3,(H2,30,32,34). The minimum atomic E-state index is -0.438. The molecule has 0 atom stereocenters. The second kappa shape index (κ2) is 10.3. The quantitative estimate of drug-likeness (QED) is 0.298. The van der Waals surface area contributed by atoms with Crippen LogP contribution in [-0.4, -0.2) is 32.5 Å². The van der Waals surface area contributed by atoms with Crippen LogP contribution in [-0.2, 0) is 6.61 Å². The molecule has 3 heterocycles. The summed E-state index contributed by atoms with van der Waals surface area (Å²) in [5.74, 6) is 0.902. The van der Waals surface area contributed by atoms with Gasteiger partial charge in [0.2, 0.25) is 5.65 Å². The molecule has 0 aliphatic carbocycles. The number of methoxy groups -OCH3 is 1. The summed E-state index contributed by atoms with van der Waals surface area (Å²) >= 11 is 6.06. The van der Waals surface area contributed by atoms with Crippen LogP contribution >= 0.6 is 11.6 Å². The second-order valence-corrected chi connectivity index (χ2v) is 8.17. The van der Waals surface area contributed by atoms with E-state index in [1.54, 1.807) is 42.9 Å². The number of nitrogens with zero attached hydrogens (tertiary/aromatic N) is 4. The zero-order chi connectivity index (χ0) is 24.9. The van der Waals surface area contributed by atoms with Crippen LogP contribution in [0.5, 0.6) is 11.6 Å². The van der Waals surface area contributed by atoms with Crippen molar-refractivity contribution in [3.63, 3.8) is 0 Å². The topological polar surface area (TPSA) is 103 Å². The maximum absolute atomic E-state index is 12.6. The number of amides is 2. The number of carbonyl (C=O) groups excluding carboxylic acids is 1. The average Bonchev–Trinajstić information content (AvgIpc) is 3.37. The molecule has 10 heteroatoms. The molecule has 3 aromatic heterocycles. The van der Waals surface area contributed by atoms with Crippen molar-refractivity contribution in [1.82, 2.24) is 19.4 Å². The summed E-state index contributed by atoms with van der Waals surface area (Å²) in [4.78, 5) is 25.7. The van der Waals surface area contributed by atoms with Crippen LogP contribution in [0.1, 0.15) is 5.56 Å². The van der Waals surface area contributed by atoms with Crippen LogP contribution in [0.2, 0.25) is 5.02 Å². The number of imidazole rings is 1. The number of hydrogen-bond acceptors (Lipinski definition) is 6. The second-order valence-electron chi connectivity index (χ2n) is 7.74. The van der Waals surface area contributed by atoms with Crippen LogP contribution in [0.3, 0.4) is 0 Å². The monoisotopic (exact) mass is 500 g/mol. The maximum atomic E-state index is 12.6. The zero-order valence-corrected chi connectivity index (χ0v) is 19.9. The van der Waals surface area contributed by atoms with Gasteiger partial charge in [0.1, 0.15) is 12.4 Å². The fraction of sp³-hybridized carbons (Fsp3) is 0.0769. The van der Waals surface area contributed by atoms with E-state index in [4.69, 9.17) is 26.1 Å². The number of nitrogens with one attached hydrogen (secondary N) is 2. The van der Waals surface area contributed by atoms with Crippen LogP contribution < -0.4 is 20.1 Å². The van der Waals surface area contributed by atoms with Crippen molar-refractivity contribution in [1.29, 1.82) is 0 Å². The van der Waals surface area contributed by atoms with E-state index in [-0.39, 0.29) is 0 Å². The van der Waals surface area contributed by atoms with Crippen LogP contribution in [0.25, 0.3) is 16.9 Å². The lowest BCUT2D eigenvalue weighted by atomic mass is 10.1. The molecule has 2 N–H and O–H groups in total. The molecule has 2 aromatic carbocycles. The first-order valence-electron chi connectivity index (χ1n) is 11.0. The fourth-order valence-electron chi connectivity index (χ4n) is 3.59. The van der Waals surface area contributed by atoms with Gasteiger partial charge in [0, 0.05) is 47.3 Å². The van der Waals surface area contributed by atoms with E-state index >= 15 is 0 Å². The number of ether oxygens (including phenoxy) is 2. The van der Waals surface area contributed by atoms with Crippen molar-refractivity contribution in [2.24, 2.45) is 0 Å². The largest absolute Gasteiger partial charge is 0.495 e. The molecule has 0 fully saturated rings. The maximum Gasteiger partial charge on any atom is 0.323 e. The van der Waals surface area contributed by atoms with Crippen molar-refractivity contribution in [3.8, 4) is 22.9 Å². The number of benzene rings is 2. The van der Waals surface area contributed by atoms with E-state index in [1.165, 1.54) is 7.11 Å². The van der Waals surface area contributed by atoms with Crippen molar-refractivity contribution < 1.29 is 14.3 Å². The predicted octanol–water partition coefficient (Wildman–Crippen LogP) is 5.68. The smallest absolute Gasteiger partial charge is 0.323 e. The lowest BCUT2D eigenvalue weighted by Gasteiger charge is -2.13. The Bertz CT molecular complexity index is 1520. The molecular formula is C26H21ClN6O3. The lowest BCUT2D eigenvalue weighted by Crippen LogP contribution is -2.19. The minimum absolute atomic E-state index is 0.330. The lowest BCUT2D eigenvalue weighted by molar-refractivity contribution is 0.262. The Kier molecular flexibility index (Phi) is 6.63. The van der Waals surface area contributed by atoms with Crippen LogP contribution in [0, 0.1) is 0 Å². The highest BCUT2D eigenvalue weighted by Crippen LogP contribution is 2.29. The summed E-state index contributed by atoms with van der Waals surface area (Å²) in [7, 11) is 1.52. The molecule has 0 radical (unpaired) electrons. The van der Waals surface area contributed by atoms with Gasteiger partial charge in [-0.3, -0.25) is 4.98 Å². The molecule has 5 aromatic rings. The highest BCUT2D eigenvalue weighted by atomic mass is 35.5. The van der Waals surface area contributed by atoms with Gasteiger partial charge in [-0.1, -0.05) is 23.7 Å². The van der Waals surface area contributed by atoms with Crippen LogP contribution in [0.4, 0.5) is 16.2 Å². The zero-order valence-electron chi connectivity index (χ0n) is 19.2. The molecule has 5 rings (SSSR count). The molecule has 180 valence electrons.